The maximum atomic E-state index is 12.2. The normalized spacial score (nSPS) is 17.6. The maximum absolute atomic E-state index is 12.2. The lowest BCUT2D eigenvalue weighted by molar-refractivity contribution is 0.0850. The van der Waals surface area contributed by atoms with Gasteiger partial charge in [-0.15, -0.1) is 0 Å². The van der Waals surface area contributed by atoms with Crippen LogP contribution in [0.3, 0.4) is 0 Å². The Balaban J connectivity index is 2.01. The first-order chi connectivity index (χ1) is 9.54. The van der Waals surface area contributed by atoms with Gasteiger partial charge in [-0.25, -0.2) is 0 Å². The third-order valence-corrected chi connectivity index (χ3v) is 4.26. The van der Waals surface area contributed by atoms with Gasteiger partial charge in [0.1, 0.15) is 11.9 Å². The van der Waals surface area contributed by atoms with E-state index in [-0.39, 0.29) is 18.3 Å². The molecule has 0 N–H and O–H groups in total. The molecule has 0 bridgehead atoms. The lowest BCUT2D eigenvalue weighted by Gasteiger charge is -2.26. The number of hydrogen-bond acceptors (Lipinski definition) is 2. The first-order valence-corrected chi connectivity index (χ1v) is 7.54. The average Bonchev–Trinajstić information content (AvgIpc) is 2.42. The first kappa shape index (κ1) is 13.9. The zero-order valence-corrected chi connectivity index (χ0v) is 13.3. The van der Waals surface area contributed by atoms with Crippen molar-refractivity contribution in [3.05, 3.63) is 62.0 Å². The Labute approximate surface area is 134 Å². The summed E-state index contributed by atoms with van der Waals surface area (Å²) < 4.78 is 6.79. The van der Waals surface area contributed by atoms with Crippen LogP contribution in [0.15, 0.2) is 40.9 Å². The fourth-order valence-electron chi connectivity index (χ4n) is 2.23. The van der Waals surface area contributed by atoms with Gasteiger partial charge in [-0.2, -0.15) is 0 Å². The van der Waals surface area contributed by atoms with E-state index in [1.54, 1.807) is 24.3 Å². The van der Waals surface area contributed by atoms with Crippen molar-refractivity contribution in [2.45, 2.75) is 12.5 Å². The standard InChI is InChI=1S/C15H9BrCl2O2/c16-8-1-3-12(18)10(5-8)15-7-13(19)11-6-9(17)2-4-14(11)20-15/h1-6,15H,7H2. The first-order valence-electron chi connectivity index (χ1n) is 5.99. The Morgan fingerprint density at radius 3 is 2.75 bits per heavy atom. The second-order valence-corrected chi connectivity index (χ2v) is 6.30. The summed E-state index contributed by atoms with van der Waals surface area (Å²) in [6.07, 6.45) is -0.120. The molecule has 0 fully saturated rings. The zero-order valence-electron chi connectivity index (χ0n) is 10.2. The van der Waals surface area contributed by atoms with E-state index in [0.29, 0.717) is 21.4 Å². The molecule has 3 rings (SSSR count). The maximum Gasteiger partial charge on any atom is 0.170 e. The summed E-state index contributed by atoms with van der Waals surface area (Å²) in [7, 11) is 0. The van der Waals surface area contributed by atoms with Crippen LogP contribution < -0.4 is 4.74 Å². The van der Waals surface area contributed by atoms with E-state index in [1.165, 1.54) is 0 Å². The Morgan fingerprint density at radius 1 is 1.15 bits per heavy atom. The number of carbonyl (C=O) groups excluding carboxylic acids is 1. The fourth-order valence-corrected chi connectivity index (χ4v) is 3.02. The minimum absolute atomic E-state index is 0.00907. The number of ether oxygens (including phenoxy) is 1. The van der Waals surface area contributed by atoms with E-state index in [0.717, 1.165) is 10.0 Å². The molecule has 0 saturated carbocycles. The zero-order chi connectivity index (χ0) is 14.3. The van der Waals surface area contributed by atoms with Crippen LogP contribution >= 0.6 is 39.1 Å². The molecule has 0 radical (unpaired) electrons. The number of halogens is 3. The van der Waals surface area contributed by atoms with Crippen molar-refractivity contribution in [1.29, 1.82) is 0 Å². The summed E-state index contributed by atoms with van der Waals surface area (Å²) >= 11 is 15.5. The Morgan fingerprint density at radius 2 is 1.95 bits per heavy atom. The van der Waals surface area contributed by atoms with E-state index >= 15 is 0 Å². The van der Waals surface area contributed by atoms with Gasteiger partial charge in [-0.3, -0.25) is 4.79 Å². The van der Waals surface area contributed by atoms with Crippen LogP contribution in [-0.4, -0.2) is 5.78 Å². The molecule has 20 heavy (non-hydrogen) atoms. The van der Waals surface area contributed by atoms with Crippen molar-refractivity contribution >= 4 is 44.9 Å². The monoisotopic (exact) mass is 370 g/mol. The number of Topliss-reactive ketones (excluding diaryl/α,β-unsaturated/α-hetero) is 1. The molecule has 1 aliphatic heterocycles. The van der Waals surface area contributed by atoms with Crippen molar-refractivity contribution in [1.82, 2.24) is 0 Å². The van der Waals surface area contributed by atoms with Gasteiger partial charge in [-0.1, -0.05) is 39.1 Å². The lowest BCUT2D eigenvalue weighted by atomic mass is 9.96. The largest absolute Gasteiger partial charge is 0.484 e. The third kappa shape index (κ3) is 2.58. The van der Waals surface area contributed by atoms with Gasteiger partial charge in [-0.05, 0) is 36.4 Å². The average molecular weight is 372 g/mol. The highest BCUT2D eigenvalue weighted by Gasteiger charge is 2.29. The van der Waals surface area contributed by atoms with Crippen molar-refractivity contribution in [2.24, 2.45) is 0 Å². The number of ketones is 1. The van der Waals surface area contributed by atoms with Gasteiger partial charge in [0.15, 0.2) is 5.78 Å². The van der Waals surface area contributed by atoms with Gasteiger partial charge in [0.25, 0.3) is 0 Å². The number of rotatable bonds is 1. The van der Waals surface area contributed by atoms with Gasteiger partial charge in [0.2, 0.25) is 0 Å². The van der Waals surface area contributed by atoms with E-state index in [2.05, 4.69) is 15.9 Å². The molecule has 1 aliphatic rings. The number of fused-ring (bicyclic) bond motifs is 1. The molecule has 0 aliphatic carbocycles. The number of carbonyl (C=O) groups is 1. The van der Waals surface area contributed by atoms with Crippen LogP contribution in [-0.2, 0) is 0 Å². The highest BCUT2D eigenvalue weighted by atomic mass is 79.9. The fraction of sp³-hybridized carbons (Fsp3) is 0.133. The molecule has 0 saturated heterocycles. The molecule has 102 valence electrons. The molecule has 2 nitrogen and oxygen atoms in total. The Hall–Kier alpha value is -1.03. The highest BCUT2D eigenvalue weighted by Crippen LogP contribution is 2.39. The molecule has 2 aromatic carbocycles. The Kier molecular flexibility index (Phi) is 3.76. The minimum atomic E-state index is -0.374. The van der Waals surface area contributed by atoms with Gasteiger partial charge < -0.3 is 4.74 Å². The summed E-state index contributed by atoms with van der Waals surface area (Å²) in [6, 6.07) is 10.6. The van der Waals surface area contributed by atoms with Crippen LogP contribution in [0.5, 0.6) is 5.75 Å². The molecular weight excluding hydrogens is 363 g/mol. The van der Waals surface area contributed by atoms with E-state index < -0.39 is 0 Å². The van der Waals surface area contributed by atoms with Crippen LogP contribution in [0.4, 0.5) is 0 Å². The summed E-state index contributed by atoms with van der Waals surface area (Å²) in [5.74, 6) is 0.557. The molecule has 2 aromatic rings. The van der Waals surface area contributed by atoms with Crippen molar-refractivity contribution in [3.8, 4) is 5.75 Å². The van der Waals surface area contributed by atoms with Gasteiger partial charge >= 0.3 is 0 Å². The summed E-state index contributed by atoms with van der Waals surface area (Å²) in [5.41, 5.74) is 1.33. The predicted molar refractivity (Wildman–Crippen MR) is 82.9 cm³/mol. The van der Waals surface area contributed by atoms with E-state index in [4.69, 9.17) is 27.9 Å². The van der Waals surface area contributed by atoms with Crippen LogP contribution in [0, 0.1) is 0 Å². The summed E-state index contributed by atoms with van der Waals surface area (Å²) in [5, 5.41) is 1.11. The minimum Gasteiger partial charge on any atom is -0.484 e. The number of hydrogen-bond donors (Lipinski definition) is 0. The summed E-state index contributed by atoms with van der Waals surface area (Å²) in [4.78, 5) is 12.2. The molecule has 0 aromatic heterocycles. The predicted octanol–water partition coefficient (Wildman–Crippen LogP) is 5.46. The smallest absolute Gasteiger partial charge is 0.170 e. The van der Waals surface area contributed by atoms with E-state index in [1.807, 2.05) is 12.1 Å². The van der Waals surface area contributed by atoms with Gasteiger partial charge in [0.05, 0.1) is 12.0 Å². The molecular formula is C15H9BrCl2O2. The van der Waals surface area contributed by atoms with Crippen molar-refractivity contribution in [3.63, 3.8) is 0 Å². The quantitative estimate of drug-likeness (QED) is 0.665. The second kappa shape index (κ2) is 5.40. The second-order valence-electron chi connectivity index (χ2n) is 4.54. The molecule has 5 heteroatoms. The van der Waals surface area contributed by atoms with Crippen LogP contribution in [0.1, 0.15) is 28.4 Å². The van der Waals surface area contributed by atoms with E-state index in [9.17, 15) is 4.79 Å². The van der Waals surface area contributed by atoms with Crippen molar-refractivity contribution in [2.75, 3.05) is 0 Å². The number of benzene rings is 2. The van der Waals surface area contributed by atoms with Crippen molar-refractivity contribution < 1.29 is 9.53 Å². The molecule has 0 spiro atoms. The lowest BCUT2D eigenvalue weighted by Crippen LogP contribution is -2.20. The SMILES string of the molecule is O=C1CC(c2cc(Br)ccc2Cl)Oc2ccc(Cl)cc21. The summed E-state index contributed by atoms with van der Waals surface area (Å²) in [6.45, 7) is 0. The Bertz CT molecular complexity index is 700. The molecule has 1 heterocycles. The molecule has 0 amide bonds. The molecule has 1 atom stereocenters. The van der Waals surface area contributed by atoms with Crippen LogP contribution in [0.2, 0.25) is 10.0 Å². The van der Waals surface area contributed by atoms with Gasteiger partial charge in [0, 0.05) is 20.1 Å². The van der Waals surface area contributed by atoms with Crippen LogP contribution in [0.25, 0.3) is 0 Å². The topological polar surface area (TPSA) is 26.3 Å². The third-order valence-electron chi connectivity index (χ3n) is 3.19. The highest BCUT2D eigenvalue weighted by molar-refractivity contribution is 9.10. The molecule has 1 unspecified atom stereocenters.